The third kappa shape index (κ3) is 4.38. The van der Waals surface area contributed by atoms with E-state index < -0.39 is 13.2 Å². The molecule has 1 amide bonds. The fraction of sp³-hybridized carbons (Fsp3) is 0.286. The molecule has 1 aromatic carbocycles. The number of hydrogen-bond acceptors (Lipinski definition) is 5. The Hall–Kier alpha value is -1.81. The van der Waals surface area contributed by atoms with Gasteiger partial charge in [-0.2, -0.15) is 17.6 Å². The van der Waals surface area contributed by atoms with E-state index in [1.165, 1.54) is 17.0 Å². The zero-order valence-corrected chi connectivity index (χ0v) is 13.8. The van der Waals surface area contributed by atoms with Gasteiger partial charge in [-0.05, 0) is 25.1 Å². The highest BCUT2D eigenvalue weighted by Crippen LogP contribution is 2.35. The molecule has 0 radical (unpaired) electrons. The number of thioether (sulfide) groups is 1. The lowest BCUT2D eigenvalue weighted by molar-refractivity contribution is -0.122. The molecule has 0 unspecified atom stereocenters. The number of thiocarbonyl (C=S) groups is 1. The van der Waals surface area contributed by atoms with Crippen LogP contribution in [0.5, 0.6) is 11.5 Å². The number of amides is 1. The van der Waals surface area contributed by atoms with Gasteiger partial charge in [-0.15, -0.1) is 0 Å². The molecule has 0 N–H and O–H groups in total. The number of halogens is 4. The van der Waals surface area contributed by atoms with Crippen LogP contribution >= 0.6 is 24.0 Å². The van der Waals surface area contributed by atoms with Crippen molar-refractivity contribution in [1.29, 1.82) is 0 Å². The van der Waals surface area contributed by atoms with E-state index >= 15 is 0 Å². The highest BCUT2D eigenvalue weighted by Gasteiger charge is 2.31. The van der Waals surface area contributed by atoms with E-state index in [0.717, 1.165) is 23.9 Å². The van der Waals surface area contributed by atoms with E-state index in [4.69, 9.17) is 12.2 Å². The first-order chi connectivity index (χ1) is 11.3. The number of benzene rings is 1. The first kappa shape index (κ1) is 18.5. The number of carbonyl (C=O) groups is 1. The maximum Gasteiger partial charge on any atom is 0.387 e. The van der Waals surface area contributed by atoms with Crippen molar-refractivity contribution in [2.45, 2.75) is 20.1 Å². The monoisotopic (exact) mass is 381 g/mol. The Bertz CT molecular complexity index is 682. The molecule has 0 aromatic heterocycles. The summed E-state index contributed by atoms with van der Waals surface area (Å²) in [5.41, 5.74) is 0.119. The molecular formula is C14H11F4NO3S2. The molecule has 0 saturated carbocycles. The van der Waals surface area contributed by atoms with E-state index in [1.54, 1.807) is 6.92 Å². The SMILES string of the molecule is CCN1C(=O)/C(=C\c2ccc(OC(F)F)cc2OC(F)F)SC1=S. The second kappa shape index (κ2) is 7.84. The highest BCUT2D eigenvalue weighted by molar-refractivity contribution is 8.26. The zero-order valence-electron chi connectivity index (χ0n) is 12.2. The van der Waals surface area contributed by atoms with E-state index in [1.807, 2.05) is 0 Å². The lowest BCUT2D eigenvalue weighted by Crippen LogP contribution is -2.27. The fourth-order valence-electron chi connectivity index (χ4n) is 1.92. The summed E-state index contributed by atoms with van der Waals surface area (Å²) in [5.74, 6) is -1.08. The van der Waals surface area contributed by atoms with E-state index in [9.17, 15) is 22.4 Å². The quantitative estimate of drug-likeness (QED) is 0.421. The molecule has 24 heavy (non-hydrogen) atoms. The van der Waals surface area contributed by atoms with Crippen LogP contribution in [0.1, 0.15) is 12.5 Å². The Morgan fingerprint density at radius 2 is 1.92 bits per heavy atom. The van der Waals surface area contributed by atoms with Crippen LogP contribution in [-0.4, -0.2) is 34.9 Å². The van der Waals surface area contributed by atoms with Crippen molar-refractivity contribution < 1.29 is 31.8 Å². The van der Waals surface area contributed by atoms with Gasteiger partial charge in [-0.25, -0.2) is 0 Å². The molecule has 10 heteroatoms. The van der Waals surface area contributed by atoms with Gasteiger partial charge < -0.3 is 9.47 Å². The molecule has 130 valence electrons. The van der Waals surface area contributed by atoms with Crippen LogP contribution in [0.4, 0.5) is 17.6 Å². The Labute approximate surface area is 144 Å². The van der Waals surface area contributed by atoms with Crippen LogP contribution in [0, 0.1) is 0 Å². The predicted molar refractivity (Wildman–Crippen MR) is 85.3 cm³/mol. The molecule has 0 aliphatic carbocycles. The van der Waals surface area contributed by atoms with Gasteiger partial charge in [0, 0.05) is 18.2 Å². The molecule has 4 nitrogen and oxygen atoms in total. The molecule has 0 spiro atoms. The molecule has 1 aliphatic heterocycles. The lowest BCUT2D eigenvalue weighted by atomic mass is 10.1. The van der Waals surface area contributed by atoms with E-state index in [-0.39, 0.29) is 27.9 Å². The maximum absolute atomic E-state index is 12.5. The second-order valence-electron chi connectivity index (χ2n) is 4.38. The minimum Gasteiger partial charge on any atom is -0.435 e. The number of rotatable bonds is 6. The first-order valence-electron chi connectivity index (χ1n) is 6.60. The Balaban J connectivity index is 2.37. The Kier molecular flexibility index (Phi) is 6.05. The second-order valence-corrected chi connectivity index (χ2v) is 6.06. The summed E-state index contributed by atoms with van der Waals surface area (Å²) in [7, 11) is 0. The third-order valence-corrected chi connectivity index (χ3v) is 4.28. The molecule has 1 heterocycles. The van der Waals surface area contributed by atoms with Crippen molar-refractivity contribution in [1.82, 2.24) is 4.90 Å². The fourth-order valence-corrected chi connectivity index (χ4v) is 3.30. The molecule has 0 bridgehead atoms. The number of likely N-dealkylation sites (N-methyl/N-ethyl adjacent to an activating group) is 1. The van der Waals surface area contributed by atoms with Gasteiger partial charge in [0.15, 0.2) is 0 Å². The van der Waals surface area contributed by atoms with Crippen molar-refractivity contribution in [3.8, 4) is 11.5 Å². The largest absolute Gasteiger partial charge is 0.435 e. The number of ether oxygens (including phenoxy) is 2. The smallest absolute Gasteiger partial charge is 0.387 e. The lowest BCUT2D eigenvalue weighted by Gasteiger charge is -2.12. The average Bonchev–Trinajstić information content (AvgIpc) is 2.74. The minimum absolute atomic E-state index is 0.119. The summed E-state index contributed by atoms with van der Waals surface area (Å²) in [6.07, 6.45) is 1.32. The van der Waals surface area contributed by atoms with Crippen LogP contribution in [-0.2, 0) is 4.79 Å². The summed E-state index contributed by atoms with van der Waals surface area (Å²) < 4.78 is 58.3. The summed E-state index contributed by atoms with van der Waals surface area (Å²) in [6.45, 7) is -4.14. The summed E-state index contributed by atoms with van der Waals surface area (Å²) in [5, 5.41) is 0. The normalized spacial score (nSPS) is 16.6. The van der Waals surface area contributed by atoms with Crippen molar-refractivity contribution in [2.24, 2.45) is 0 Å². The van der Waals surface area contributed by atoms with Gasteiger partial charge in [-0.3, -0.25) is 9.69 Å². The van der Waals surface area contributed by atoms with Crippen LogP contribution in [0.3, 0.4) is 0 Å². The molecule has 1 aliphatic rings. The molecule has 1 aromatic rings. The summed E-state index contributed by atoms with van der Waals surface area (Å²) in [6, 6.07) is 3.32. The number of alkyl halides is 4. The Morgan fingerprint density at radius 1 is 1.25 bits per heavy atom. The van der Waals surface area contributed by atoms with Gasteiger partial charge in [0.1, 0.15) is 15.8 Å². The van der Waals surface area contributed by atoms with E-state index in [2.05, 4.69) is 9.47 Å². The maximum atomic E-state index is 12.5. The van der Waals surface area contributed by atoms with Crippen LogP contribution < -0.4 is 9.47 Å². The summed E-state index contributed by atoms with van der Waals surface area (Å²) in [4.78, 5) is 13.7. The summed E-state index contributed by atoms with van der Waals surface area (Å²) >= 11 is 6.07. The van der Waals surface area contributed by atoms with Crippen molar-refractivity contribution >= 4 is 40.3 Å². The van der Waals surface area contributed by atoms with Crippen LogP contribution in [0.2, 0.25) is 0 Å². The van der Waals surface area contributed by atoms with Gasteiger partial charge in [0.25, 0.3) is 5.91 Å². The van der Waals surface area contributed by atoms with Crippen LogP contribution in [0.15, 0.2) is 23.1 Å². The van der Waals surface area contributed by atoms with Gasteiger partial charge in [0.2, 0.25) is 0 Å². The third-order valence-electron chi connectivity index (χ3n) is 2.90. The Morgan fingerprint density at radius 3 is 2.46 bits per heavy atom. The molecule has 1 fully saturated rings. The van der Waals surface area contributed by atoms with Gasteiger partial charge >= 0.3 is 13.2 Å². The number of carbonyl (C=O) groups excluding carboxylic acids is 1. The minimum atomic E-state index is -3.16. The molecular weight excluding hydrogens is 370 g/mol. The standard InChI is InChI=1S/C14H11F4NO3S2/c1-2-19-11(20)10(24-14(19)23)5-7-3-4-8(21-12(15)16)6-9(7)22-13(17)18/h3-6,12-13H,2H2,1H3/b10-5+. The highest BCUT2D eigenvalue weighted by atomic mass is 32.2. The van der Waals surface area contributed by atoms with E-state index in [0.29, 0.717) is 10.9 Å². The average molecular weight is 381 g/mol. The number of hydrogen-bond donors (Lipinski definition) is 0. The molecule has 0 atom stereocenters. The topological polar surface area (TPSA) is 38.8 Å². The number of nitrogens with zero attached hydrogens (tertiary/aromatic N) is 1. The van der Waals surface area contributed by atoms with Crippen molar-refractivity contribution in [2.75, 3.05) is 6.54 Å². The first-order valence-corrected chi connectivity index (χ1v) is 7.83. The molecule has 1 saturated heterocycles. The molecule has 2 rings (SSSR count). The predicted octanol–water partition coefficient (Wildman–Crippen LogP) is 4.11. The van der Waals surface area contributed by atoms with Gasteiger partial charge in [0.05, 0.1) is 4.91 Å². The van der Waals surface area contributed by atoms with Gasteiger partial charge in [-0.1, -0.05) is 24.0 Å². The zero-order chi connectivity index (χ0) is 17.9. The van der Waals surface area contributed by atoms with Crippen LogP contribution in [0.25, 0.3) is 6.08 Å². The van der Waals surface area contributed by atoms with Crippen molar-refractivity contribution in [3.05, 3.63) is 28.7 Å². The van der Waals surface area contributed by atoms with Crippen molar-refractivity contribution in [3.63, 3.8) is 0 Å².